The molecule has 0 unspecified atom stereocenters. The summed E-state index contributed by atoms with van der Waals surface area (Å²) >= 11 is 0. The lowest BCUT2D eigenvalue weighted by molar-refractivity contribution is 0.352. The molecule has 0 spiro atoms. The maximum Gasteiger partial charge on any atom is 0.126 e. The fourth-order valence-corrected chi connectivity index (χ4v) is 3.09. The molecule has 0 saturated heterocycles. The molecule has 1 atom stereocenters. The third kappa shape index (κ3) is 2.37. The van der Waals surface area contributed by atoms with Gasteiger partial charge in [0.1, 0.15) is 5.75 Å². The molecular weight excluding hydrogens is 274 g/mol. The molecule has 1 aliphatic heterocycles. The second kappa shape index (κ2) is 5.64. The van der Waals surface area contributed by atoms with E-state index in [4.69, 9.17) is 4.74 Å². The van der Waals surface area contributed by atoms with Crippen LogP contribution in [0.25, 0.3) is 0 Å². The lowest BCUT2D eigenvalue weighted by atomic mass is 9.89. The summed E-state index contributed by atoms with van der Waals surface area (Å²) in [6.07, 6.45) is 7.27. The van der Waals surface area contributed by atoms with Crippen molar-refractivity contribution in [3.63, 3.8) is 0 Å². The Kier molecular flexibility index (Phi) is 3.35. The van der Waals surface area contributed by atoms with E-state index in [0.717, 1.165) is 36.6 Å². The predicted octanol–water partition coefficient (Wildman–Crippen LogP) is 3.11. The highest BCUT2D eigenvalue weighted by molar-refractivity contribution is 5.48. The maximum atomic E-state index is 5.89. The van der Waals surface area contributed by atoms with Gasteiger partial charge >= 0.3 is 0 Å². The molecule has 4 nitrogen and oxygen atoms in total. The van der Waals surface area contributed by atoms with Crippen LogP contribution >= 0.6 is 0 Å². The third-order valence-electron chi connectivity index (χ3n) is 4.15. The van der Waals surface area contributed by atoms with Crippen molar-refractivity contribution in [3.05, 3.63) is 77.6 Å². The van der Waals surface area contributed by atoms with E-state index in [0.29, 0.717) is 0 Å². The highest BCUT2D eigenvalue weighted by Gasteiger charge is 2.24. The summed E-state index contributed by atoms with van der Waals surface area (Å²) in [6.45, 7) is 0.769. The normalized spacial score (nSPS) is 14.4. The second-order valence-electron chi connectivity index (χ2n) is 5.52. The summed E-state index contributed by atoms with van der Waals surface area (Å²) in [6, 6.07) is 12.4. The summed E-state index contributed by atoms with van der Waals surface area (Å²) < 4.78 is 5.89. The van der Waals surface area contributed by atoms with E-state index in [1.165, 1.54) is 11.1 Å². The topological polar surface area (TPSA) is 50.8 Å². The largest absolute Gasteiger partial charge is 0.493 e. The first-order valence-corrected chi connectivity index (χ1v) is 7.54. The van der Waals surface area contributed by atoms with Gasteiger partial charge in [0.25, 0.3) is 0 Å². The van der Waals surface area contributed by atoms with Crippen LogP contribution in [0.4, 0.5) is 0 Å². The lowest BCUT2D eigenvalue weighted by Crippen LogP contribution is -2.08. The molecule has 0 saturated carbocycles. The number of aromatic nitrogens is 3. The SMILES string of the molecule is c1ccc(C[C@@H](c2cnc[nH]2)c2cccc3c2OCC3)nc1. The lowest BCUT2D eigenvalue weighted by Gasteiger charge is -2.18. The molecule has 0 radical (unpaired) electrons. The minimum Gasteiger partial charge on any atom is -0.493 e. The average Bonchev–Trinajstić information content (AvgIpc) is 3.24. The van der Waals surface area contributed by atoms with Crippen molar-refractivity contribution in [2.45, 2.75) is 18.8 Å². The highest BCUT2D eigenvalue weighted by Crippen LogP contribution is 2.38. The van der Waals surface area contributed by atoms with E-state index in [2.05, 4.69) is 39.2 Å². The minimum atomic E-state index is 0.172. The molecule has 3 heterocycles. The Labute approximate surface area is 129 Å². The Balaban J connectivity index is 1.77. The van der Waals surface area contributed by atoms with Gasteiger partial charge in [0.15, 0.2) is 0 Å². The van der Waals surface area contributed by atoms with E-state index in [1.54, 1.807) is 6.33 Å². The summed E-state index contributed by atoms with van der Waals surface area (Å²) in [5.41, 5.74) is 4.67. The van der Waals surface area contributed by atoms with Crippen molar-refractivity contribution in [1.82, 2.24) is 15.0 Å². The van der Waals surface area contributed by atoms with Crippen molar-refractivity contribution >= 4 is 0 Å². The van der Waals surface area contributed by atoms with Crippen molar-refractivity contribution < 1.29 is 4.74 Å². The zero-order chi connectivity index (χ0) is 14.8. The standard InChI is InChI=1S/C18H17N3O/c1-2-8-20-14(5-1)10-16(17-11-19-12-21-17)15-6-3-4-13-7-9-22-18(13)15/h1-6,8,11-12,16H,7,9-10H2,(H,19,21)/t16-/m1/s1. The summed E-state index contributed by atoms with van der Waals surface area (Å²) in [5.74, 6) is 1.21. The highest BCUT2D eigenvalue weighted by atomic mass is 16.5. The van der Waals surface area contributed by atoms with Gasteiger partial charge in [-0.25, -0.2) is 4.98 Å². The number of nitrogens with zero attached hydrogens (tertiary/aromatic N) is 2. The van der Waals surface area contributed by atoms with Crippen LogP contribution in [-0.2, 0) is 12.8 Å². The van der Waals surface area contributed by atoms with Gasteiger partial charge < -0.3 is 9.72 Å². The van der Waals surface area contributed by atoms with Crippen LogP contribution in [0.2, 0.25) is 0 Å². The predicted molar refractivity (Wildman–Crippen MR) is 84.0 cm³/mol. The third-order valence-corrected chi connectivity index (χ3v) is 4.15. The number of pyridine rings is 1. The molecule has 4 heteroatoms. The number of H-pyrrole nitrogens is 1. The van der Waals surface area contributed by atoms with Crippen molar-refractivity contribution in [3.8, 4) is 5.75 Å². The smallest absolute Gasteiger partial charge is 0.126 e. The first kappa shape index (κ1) is 13.1. The molecular formula is C18H17N3O. The zero-order valence-corrected chi connectivity index (χ0v) is 12.2. The summed E-state index contributed by atoms with van der Waals surface area (Å²) in [5, 5.41) is 0. The van der Waals surface area contributed by atoms with Crippen LogP contribution in [0.5, 0.6) is 5.75 Å². The molecule has 110 valence electrons. The van der Waals surface area contributed by atoms with Gasteiger partial charge in [-0.15, -0.1) is 0 Å². The second-order valence-corrected chi connectivity index (χ2v) is 5.52. The molecule has 1 aromatic carbocycles. The number of imidazole rings is 1. The molecule has 2 aromatic heterocycles. The Morgan fingerprint density at radius 2 is 2.18 bits per heavy atom. The summed E-state index contributed by atoms with van der Waals surface area (Å²) in [4.78, 5) is 11.9. The Morgan fingerprint density at radius 3 is 3.00 bits per heavy atom. The van der Waals surface area contributed by atoms with Gasteiger partial charge in [-0.1, -0.05) is 24.3 Å². The summed E-state index contributed by atoms with van der Waals surface area (Å²) in [7, 11) is 0. The maximum absolute atomic E-state index is 5.89. The van der Waals surface area contributed by atoms with Crippen LogP contribution in [0.1, 0.15) is 28.4 Å². The Morgan fingerprint density at radius 1 is 1.18 bits per heavy atom. The van der Waals surface area contributed by atoms with Gasteiger partial charge in [-0.05, 0) is 17.7 Å². The van der Waals surface area contributed by atoms with Crippen LogP contribution in [-0.4, -0.2) is 21.6 Å². The van der Waals surface area contributed by atoms with Gasteiger partial charge in [-0.3, -0.25) is 4.98 Å². The van der Waals surface area contributed by atoms with Gasteiger partial charge in [0, 0.05) is 48.1 Å². The number of rotatable bonds is 4. The monoisotopic (exact) mass is 291 g/mol. The number of nitrogens with one attached hydrogen (secondary N) is 1. The zero-order valence-electron chi connectivity index (χ0n) is 12.2. The molecule has 1 N–H and O–H groups in total. The van der Waals surface area contributed by atoms with E-state index < -0.39 is 0 Å². The molecule has 0 bridgehead atoms. The van der Waals surface area contributed by atoms with Crippen LogP contribution in [0, 0.1) is 0 Å². The number of hydrogen-bond acceptors (Lipinski definition) is 3. The molecule has 0 amide bonds. The number of aromatic amines is 1. The Bertz CT molecular complexity index is 753. The van der Waals surface area contributed by atoms with E-state index in [9.17, 15) is 0 Å². The molecule has 22 heavy (non-hydrogen) atoms. The van der Waals surface area contributed by atoms with Crippen LogP contribution < -0.4 is 4.74 Å². The number of hydrogen-bond donors (Lipinski definition) is 1. The molecule has 3 aromatic rings. The first-order valence-electron chi connectivity index (χ1n) is 7.54. The van der Waals surface area contributed by atoms with Crippen molar-refractivity contribution in [1.29, 1.82) is 0 Å². The van der Waals surface area contributed by atoms with Gasteiger partial charge in [0.2, 0.25) is 0 Å². The van der Waals surface area contributed by atoms with Crippen molar-refractivity contribution in [2.24, 2.45) is 0 Å². The van der Waals surface area contributed by atoms with Gasteiger partial charge in [-0.2, -0.15) is 0 Å². The molecule has 1 aliphatic rings. The molecule has 0 aliphatic carbocycles. The number of benzene rings is 1. The van der Waals surface area contributed by atoms with E-state index in [-0.39, 0.29) is 5.92 Å². The first-order chi connectivity index (χ1) is 10.9. The van der Waals surface area contributed by atoms with Crippen molar-refractivity contribution in [2.75, 3.05) is 6.61 Å². The molecule has 0 fully saturated rings. The average molecular weight is 291 g/mol. The van der Waals surface area contributed by atoms with E-state index >= 15 is 0 Å². The number of ether oxygens (including phenoxy) is 1. The Hall–Kier alpha value is -2.62. The quantitative estimate of drug-likeness (QED) is 0.803. The van der Waals surface area contributed by atoms with Crippen LogP contribution in [0.15, 0.2) is 55.1 Å². The fraction of sp³-hybridized carbons (Fsp3) is 0.222. The minimum absolute atomic E-state index is 0.172. The number of fused-ring (bicyclic) bond motifs is 1. The van der Waals surface area contributed by atoms with Gasteiger partial charge in [0.05, 0.1) is 12.9 Å². The molecule has 4 rings (SSSR count). The van der Waals surface area contributed by atoms with E-state index in [1.807, 2.05) is 24.5 Å². The fourth-order valence-electron chi connectivity index (χ4n) is 3.09. The number of para-hydroxylation sites is 1. The van der Waals surface area contributed by atoms with Crippen LogP contribution in [0.3, 0.4) is 0 Å².